The molecule has 0 radical (unpaired) electrons. The Hall–Kier alpha value is -2.60. The van der Waals surface area contributed by atoms with E-state index in [4.69, 9.17) is 18.9 Å². The van der Waals surface area contributed by atoms with Gasteiger partial charge in [0.15, 0.2) is 12.4 Å². The molecule has 0 spiro atoms. The van der Waals surface area contributed by atoms with Crippen molar-refractivity contribution in [3.8, 4) is 0 Å². The molecule has 1 aliphatic rings. The molecule has 6 atom stereocenters. The minimum absolute atomic E-state index is 0.151. The average molecular weight is 903 g/mol. The second-order valence-corrected chi connectivity index (χ2v) is 17.6. The van der Waals surface area contributed by atoms with Crippen molar-refractivity contribution in [3.05, 3.63) is 60.8 Å². The fraction of sp³-hybridized carbons (Fsp3) is 0.778. The highest BCUT2D eigenvalue weighted by atomic mass is 16.7. The zero-order chi connectivity index (χ0) is 46.6. The van der Waals surface area contributed by atoms with Crippen LogP contribution in [-0.2, 0) is 28.5 Å². The molecule has 10 nitrogen and oxygen atoms in total. The number of unbranched alkanes of at least 4 members (excludes halogenated alkanes) is 22. The molecule has 10 heteroatoms. The van der Waals surface area contributed by atoms with Gasteiger partial charge in [-0.3, -0.25) is 9.59 Å². The number of allylic oxidation sites excluding steroid dienone is 10. The number of esters is 2. The van der Waals surface area contributed by atoms with Crippen LogP contribution in [0, 0.1) is 0 Å². The van der Waals surface area contributed by atoms with E-state index in [-0.39, 0.29) is 32.0 Å². The minimum atomic E-state index is -1.61. The summed E-state index contributed by atoms with van der Waals surface area (Å²) in [5.74, 6) is -0.870. The number of ether oxygens (including phenoxy) is 4. The van der Waals surface area contributed by atoms with Crippen LogP contribution in [0.1, 0.15) is 213 Å². The molecule has 2 unspecified atom stereocenters. The van der Waals surface area contributed by atoms with Gasteiger partial charge in [0.25, 0.3) is 0 Å². The van der Waals surface area contributed by atoms with Gasteiger partial charge in [-0.2, -0.15) is 0 Å². The highest BCUT2D eigenvalue weighted by Crippen LogP contribution is 2.23. The molecule has 0 saturated carbocycles. The van der Waals surface area contributed by atoms with Gasteiger partial charge in [-0.05, 0) is 51.4 Å². The topological polar surface area (TPSA) is 152 Å². The number of aliphatic hydroxyl groups excluding tert-OH is 4. The van der Waals surface area contributed by atoms with Crippen molar-refractivity contribution in [2.24, 2.45) is 0 Å². The highest BCUT2D eigenvalue weighted by molar-refractivity contribution is 5.70. The smallest absolute Gasteiger partial charge is 0.306 e. The van der Waals surface area contributed by atoms with Crippen molar-refractivity contribution in [3.63, 3.8) is 0 Å². The maximum absolute atomic E-state index is 12.8. The molecule has 1 rings (SSSR count). The normalized spacial score (nSPS) is 19.9. The van der Waals surface area contributed by atoms with Gasteiger partial charge in [0.2, 0.25) is 0 Å². The SMILES string of the molecule is CC/C=C/C/C=C/C/C=C/C/C=C/C/C=C/CCCC(=O)O[C@@H](COC(=O)CCCCCCCCCCCCCCCCCCCCCCCC)CO[C@H]1O[C@@H](CO)[C@@H](O)C(O)C1O. The number of carbonyl (C=O) groups is 2. The van der Waals surface area contributed by atoms with Crippen LogP contribution in [-0.4, -0.2) is 89.0 Å². The maximum Gasteiger partial charge on any atom is 0.306 e. The zero-order valence-corrected chi connectivity index (χ0v) is 40.5. The molecule has 1 fully saturated rings. The molecule has 0 bridgehead atoms. The summed E-state index contributed by atoms with van der Waals surface area (Å²) in [6, 6.07) is 0. The molecule has 1 saturated heterocycles. The number of rotatable bonds is 43. The third-order valence-electron chi connectivity index (χ3n) is 11.7. The summed E-state index contributed by atoms with van der Waals surface area (Å²) in [4.78, 5) is 25.4. The first kappa shape index (κ1) is 59.4. The van der Waals surface area contributed by atoms with Gasteiger partial charge < -0.3 is 39.4 Å². The monoisotopic (exact) mass is 903 g/mol. The first-order valence-corrected chi connectivity index (χ1v) is 25.9. The first-order chi connectivity index (χ1) is 31.3. The van der Waals surface area contributed by atoms with E-state index < -0.39 is 49.4 Å². The van der Waals surface area contributed by atoms with Gasteiger partial charge in [-0.25, -0.2) is 0 Å². The Morgan fingerprint density at radius 1 is 0.500 bits per heavy atom. The lowest BCUT2D eigenvalue weighted by Gasteiger charge is -2.39. The molecule has 0 aromatic rings. The predicted molar refractivity (Wildman–Crippen MR) is 261 cm³/mol. The quantitative estimate of drug-likeness (QED) is 0.0264. The van der Waals surface area contributed by atoms with Crippen LogP contribution in [0.2, 0.25) is 0 Å². The van der Waals surface area contributed by atoms with Gasteiger partial charge >= 0.3 is 11.9 Å². The molecule has 0 amide bonds. The largest absolute Gasteiger partial charge is 0.462 e. The summed E-state index contributed by atoms with van der Waals surface area (Å²) >= 11 is 0. The second-order valence-electron chi connectivity index (χ2n) is 17.6. The Morgan fingerprint density at radius 2 is 0.922 bits per heavy atom. The molecule has 0 aromatic carbocycles. The second kappa shape index (κ2) is 44.2. The Balaban J connectivity index is 2.27. The molecule has 1 aliphatic heterocycles. The minimum Gasteiger partial charge on any atom is -0.462 e. The third kappa shape index (κ3) is 34.7. The fourth-order valence-electron chi connectivity index (χ4n) is 7.64. The molecule has 64 heavy (non-hydrogen) atoms. The summed E-state index contributed by atoms with van der Waals surface area (Å²) in [6.45, 7) is 3.28. The summed E-state index contributed by atoms with van der Waals surface area (Å²) in [5.41, 5.74) is 0. The van der Waals surface area contributed by atoms with E-state index in [9.17, 15) is 30.0 Å². The number of aliphatic hydroxyl groups is 4. The van der Waals surface area contributed by atoms with Crippen LogP contribution >= 0.6 is 0 Å². The van der Waals surface area contributed by atoms with Crippen molar-refractivity contribution < 1.29 is 49.0 Å². The highest BCUT2D eigenvalue weighted by Gasteiger charge is 2.44. The number of carbonyl (C=O) groups excluding carboxylic acids is 2. The van der Waals surface area contributed by atoms with Gasteiger partial charge in [-0.1, -0.05) is 209 Å². The van der Waals surface area contributed by atoms with Crippen LogP contribution in [0.3, 0.4) is 0 Å². The van der Waals surface area contributed by atoms with Gasteiger partial charge in [-0.15, -0.1) is 0 Å². The third-order valence-corrected chi connectivity index (χ3v) is 11.7. The van der Waals surface area contributed by atoms with Gasteiger partial charge in [0.05, 0.1) is 13.2 Å². The van der Waals surface area contributed by atoms with Crippen molar-refractivity contribution in [2.45, 2.75) is 250 Å². The maximum atomic E-state index is 12.8. The molecule has 370 valence electrons. The molecule has 0 aromatic heterocycles. The molecular weight excluding hydrogens is 809 g/mol. The zero-order valence-electron chi connectivity index (χ0n) is 40.5. The van der Waals surface area contributed by atoms with Crippen molar-refractivity contribution in [2.75, 3.05) is 19.8 Å². The standard InChI is InChI=1S/C54H94O10/c1-3-5-7-9-11-13-15-17-19-21-22-23-24-25-27-28-30-32-34-36-38-40-42-49(56)61-45-47(46-62-54-53(60)52(59)51(58)48(44-55)64-54)63-50(57)43-41-39-37-35-33-31-29-26-20-18-16-14-12-10-8-6-4-2/h6,8,12,14,18,20,29,31,35,37,47-48,51-55,58-60H,3-5,7,9-11,13,15-17,19,21-28,30,32-34,36,38-46H2,1-2H3/b8-6+,14-12+,20-18+,31-29+,37-35+/t47-,48-,51+,52?,53?,54-/m0/s1. The summed E-state index contributed by atoms with van der Waals surface area (Å²) in [6.07, 6.45) is 48.1. The molecule has 4 N–H and O–H groups in total. The lowest BCUT2D eigenvalue weighted by atomic mass is 9.99. The predicted octanol–water partition coefficient (Wildman–Crippen LogP) is 12.2. The molecule has 1 heterocycles. The van der Waals surface area contributed by atoms with E-state index in [1.807, 2.05) is 6.08 Å². The van der Waals surface area contributed by atoms with Crippen molar-refractivity contribution >= 4 is 11.9 Å². The average Bonchev–Trinajstić information content (AvgIpc) is 3.29. The van der Waals surface area contributed by atoms with Gasteiger partial charge in [0, 0.05) is 12.8 Å². The number of hydrogen-bond acceptors (Lipinski definition) is 10. The van der Waals surface area contributed by atoms with E-state index in [1.54, 1.807) is 0 Å². The molecular formula is C54H94O10. The summed E-state index contributed by atoms with van der Waals surface area (Å²) in [7, 11) is 0. The lowest BCUT2D eigenvalue weighted by molar-refractivity contribution is -0.305. The van der Waals surface area contributed by atoms with E-state index in [0.717, 1.165) is 51.4 Å². The summed E-state index contributed by atoms with van der Waals surface area (Å²) in [5, 5.41) is 40.2. The van der Waals surface area contributed by atoms with Crippen molar-refractivity contribution in [1.29, 1.82) is 0 Å². The van der Waals surface area contributed by atoms with Crippen LogP contribution in [0.5, 0.6) is 0 Å². The van der Waals surface area contributed by atoms with Crippen molar-refractivity contribution in [1.82, 2.24) is 0 Å². The van der Waals surface area contributed by atoms with Crippen LogP contribution in [0.4, 0.5) is 0 Å². The van der Waals surface area contributed by atoms with Crippen LogP contribution in [0.15, 0.2) is 60.8 Å². The van der Waals surface area contributed by atoms with Gasteiger partial charge in [0.1, 0.15) is 31.0 Å². The van der Waals surface area contributed by atoms with E-state index in [0.29, 0.717) is 12.8 Å². The Morgan fingerprint density at radius 3 is 1.38 bits per heavy atom. The van der Waals surface area contributed by atoms with E-state index in [2.05, 4.69) is 68.5 Å². The number of hydrogen-bond donors (Lipinski definition) is 4. The van der Waals surface area contributed by atoms with E-state index >= 15 is 0 Å². The van der Waals surface area contributed by atoms with Crippen LogP contribution in [0.25, 0.3) is 0 Å². The summed E-state index contributed by atoms with van der Waals surface area (Å²) < 4.78 is 22.2. The Bertz CT molecular complexity index is 1230. The van der Waals surface area contributed by atoms with Crippen LogP contribution < -0.4 is 0 Å². The lowest BCUT2D eigenvalue weighted by Crippen LogP contribution is -2.59. The van der Waals surface area contributed by atoms with E-state index in [1.165, 1.54) is 122 Å². The first-order valence-electron chi connectivity index (χ1n) is 25.9. The Kier molecular flexibility index (Phi) is 41.1. The molecule has 0 aliphatic carbocycles. The fourth-order valence-corrected chi connectivity index (χ4v) is 7.64. The Labute approximate surface area is 390 Å².